The zero-order valence-corrected chi connectivity index (χ0v) is 17.1. The molecule has 148 valence electrons. The normalized spacial score (nSPS) is 16.4. The third-order valence-corrected chi connectivity index (χ3v) is 6.99. The third-order valence-electron chi connectivity index (χ3n) is 4.48. The van der Waals surface area contributed by atoms with Gasteiger partial charge in [0, 0.05) is 28.7 Å². The Labute approximate surface area is 173 Å². The number of halogens is 2. The minimum Gasteiger partial charge on any atom is -0.318 e. The molecule has 6 nitrogen and oxygen atoms in total. The first-order valence-electron chi connectivity index (χ1n) is 8.62. The molecule has 0 bridgehead atoms. The summed E-state index contributed by atoms with van der Waals surface area (Å²) in [4.78, 5) is 17.3. The maximum atomic E-state index is 12.7. The summed E-state index contributed by atoms with van der Waals surface area (Å²) in [5.41, 5.74) is 0.640. The van der Waals surface area contributed by atoms with Gasteiger partial charge >= 0.3 is 5.97 Å². The Hall–Kier alpha value is -1.93. The van der Waals surface area contributed by atoms with Gasteiger partial charge in [-0.05, 0) is 43.2 Å². The quantitative estimate of drug-likeness (QED) is 0.400. The first kappa shape index (κ1) is 20.8. The average Bonchev–Trinajstić information content (AvgIpc) is 2.70. The highest BCUT2D eigenvalue weighted by Gasteiger charge is 2.33. The molecule has 1 aliphatic rings. The number of rotatable bonds is 5. The summed E-state index contributed by atoms with van der Waals surface area (Å²) >= 11 is 11.8. The van der Waals surface area contributed by atoms with Gasteiger partial charge in [0.25, 0.3) is 0 Å². The molecular formula is C19H18Cl2N2O4S. The molecule has 28 heavy (non-hydrogen) atoms. The van der Waals surface area contributed by atoms with Crippen LogP contribution in [0.1, 0.15) is 18.4 Å². The predicted octanol–water partition coefficient (Wildman–Crippen LogP) is 3.97. The Bertz CT molecular complexity index is 970. The lowest BCUT2D eigenvalue weighted by Crippen LogP contribution is -2.40. The van der Waals surface area contributed by atoms with Crippen LogP contribution in [0.25, 0.3) is 0 Å². The van der Waals surface area contributed by atoms with Crippen molar-refractivity contribution in [1.29, 1.82) is 0 Å². The molecule has 0 spiro atoms. The largest absolute Gasteiger partial charge is 0.338 e. The first-order valence-corrected chi connectivity index (χ1v) is 10.8. The van der Waals surface area contributed by atoms with Crippen molar-refractivity contribution in [2.45, 2.75) is 17.7 Å². The van der Waals surface area contributed by atoms with Gasteiger partial charge in [0.05, 0.1) is 17.0 Å². The van der Waals surface area contributed by atoms with E-state index in [1.54, 1.807) is 24.3 Å². The van der Waals surface area contributed by atoms with E-state index in [9.17, 15) is 13.2 Å². The predicted molar refractivity (Wildman–Crippen MR) is 108 cm³/mol. The molecule has 0 N–H and O–H groups in total. The van der Waals surface area contributed by atoms with Crippen molar-refractivity contribution in [2.24, 2.45) is 11.1 Å². The van der Waals surface area contributed by atoms with E-state index in [2.05, 4.69) is 5.16 Å². The second-order valence-corrected chi connectivity index (χ2v) is 9.08. The number of oxime groups is 1. The number of hydrogen-bond donors (Lipinski definition) is 0. The van der Waals surface area contributed by atoms with Gasteiger partial charge in [-0.2, -0.15) is 4.31 Å². The van der Waals surface area contributed by atoms with Crippen LogP contribution in [-0.4, -0.2) is 38.0 Å². The summed E-state index contributed by atoms with van der Waals surface area (Å²) in [6, 6.07) is 13.1. The van der Waals surface area contributed by atoms with Gasteiger partial charge in [-0.15, -0.1) is 0 Å². The van der Waals surface area contributed by atoms with Gasteiger partial charge in [0.15, 0.2) is 0 Å². The van der Waals surface area contributed by atoms with Crippen LogP contribution in [0.5, 0.6) is 0 Å². The molecule has 0 unspecified atom stereocenters. The summed E-state index contributed by atoms with van der Waals surface area (Å²) in [6.07, 6.45) is 2.11. The SMILES string of the molecule is O=C(ON=Cc1ccccc1Cl)C1CCN(S(=O)(=O)c2ccc(Cl)cc2)CC1. The monoisotopic (exact) mass is 440 g/mol. The van der Waals surface area contributed by atoms with E-state index in [4.69, 9.17) is 28.0 Å². The van der Waals surface area contributed by atoms with Crippen LogP contribution in [0.15, 0.2) is 58.6 Å². The van der Waals surface area contributed by atoms with Crippen LogP contribution in [0.4, 0.5) is 0 Å². The molecular weight excluding hydrogens is 423 g/mol. The minimum atomic E-state index is -3.61. The Morgan fingerprint density at radius 1 is 1.07 bits per heavy atom. The molecule has 0 aromatic heterocycles. The highest BCUT2D eigenvalue weighted by molar-refractivity contribution is 7.89. The average molecular weight is 441 g/mol. The molecule has 1 saturated heterocycles. The fourth-order valence-corrected chi connectivity index (χ4v) is 4.66. The summed E-state index contributed by atoms with van der Waals surface area (Å²) in [5.74, 6) is -0.882. The highest BCUT2D eigenvalue weighted by atomic mass is 35.5. The maximum Gasteiger partial charge on any atom is 0.338 e. The van der Waals surface area contributed by atoms with Gasteiger partial charge in [0.2, 0.25) is 10.0 Å². The lowest BCUT2D eigenvalue weighted by atomic mass is 9.99. The molecule has 0 atom stereocenters. The summed E-state index contributed by atoms with van der Waals surface area (Å²) in [5, 5.41) is 4.67. The molecule has 9 heteroatoms. The van der Waals surface area contributed by atoms with E-state index in [0.29, 0.717) is 28.5 Å². The van der Waals surface area contributed by atoms with Crippen LogP contribution in [0, 0.1) is 5.92 Å². The number of sulfonamides is 1. The van der Waals surface area contributed by atoms with E-state index < -0.39 is 21.9 Å². The van der Waals surface area contributed by atoms with Crippen LogP contribution in [0.2, 0.25) is 10.0 Å². The molecule has 2 aromatic rings. The van der Waals surface area contributed by atoms with Crippen molar-refractivity contribution in [3.8, 4) is 0 Å². The van der Waals surface area contributed by atoms with Gasteiger partial charge in [0.1, 0.15) is 0 Å². The van der Waals surface area contributed by atoms with Crippen LogP contribution in [0.3, 0.4) is 0 Å². The summed E-state index contributed by atoms with van der Waals surface area (Å²) in [6.45, 7) is 0.470. The van der Waals surface area contributed by atoms with E-state index in [0.717, 1.165) is 0 Å². The smallest absolute Gasteiger partial charge is 0.318 e. The Balaban J connectivity index is 1.55. The second kappa shape index (κ2) is 9.05. The lowest BCUT2D eigenvalue weighted by Gasteiger charge is -2.29. The van der Waals surface area contributed by atoms with E-state index >= 15 is 0 Å². The van der Waals surface area contributed by atoms with Gasteiger partial charge in [-0.3, -0.25) is 0 Å². The molecule has 0 aliphatic carbocycles. The van der Waals surface area contributed by atoms with Crippen LogP contribution < -0.4 is 0 Å². The number of hydrogen-bond acceptors (Lipinski definition) is 5. The van der Waals surface area contributed by atoms with E-state index in [1.165, 1.54) is 34.8 Å². The third kappa shape index (κ3) is 4.91. The number of piperidine rings is 1. The van der Waals surface area contributed by atoms with Gasteiger partial charge in [-0.25, -0.2) is 13.2 Å². The van der Waals surface area contributed by atoms with Crippen LogP contribution >= 0.6 is 23.2 Å². The van der Waals surface area contributed by atoms with Crippen molar-refractivity contribution in [3.05, 3.63) is 64.1 Å². The minimum absolute atomic E-state index is 0.183. The maximum absolute atomic E-state index is 12.7. The Kier molecular flexibility index (Phi) is 6.72. The molecule has 0 amide bonds. The topological polar surface area (TPSA) is 76.0 Å². The molecule has 0 radical (unpaired) electrons. The Morgan fingerprint density at radius 2 is 1.71 bits per heavy atom. The van der Waals surface area contributed by atoms with Crippen molar-refractivity contribution >= 4 is 45.4 Å². The summed E-state index contributed by atoms with van der Waals surface area (Å²) < 4.78 is 26.7. The lowest BCUT2D eigenvalue weighted by molar-refractivity contribution is -0.149. The molecule has 2 aromatic carbocycles. The standard InChI is InChI=1S/C19H18Cl2N2O4S/c20-16-5-7-17(8-6-16)28(25,26)23-11-9-14(10-12-23)19(24)27-22-13-15-3-1-2-4-18(15)21/h1-8,13-14H,9-12H2. The van der Waals surface area contributed by atoms with E-state index in [1.807, 2.05) is 0 Å². The fourth-order valence-electron chi connectivity index (χ4n) is 2.88. The van der Waals surface area contributed by atoms with Crippen LogP contribution in [-0.2, 0) is 19.7 Å². The van der Waals surface area contributed by atoms with Crippen molar-refractivity contribution in [1.82, 2.24) is 4.31 Å². The Morgan fingerprint density at radius 3 is 2.36 bits per heavy atom. The molecule has 1 heterocycles. The van der Waals surface area contributed by atoms with Crippen molar-refractivity contribution < 1.29 is 18.0 Å². The second-order valence-electron chi connectivity index (χ2n) is 6.30. The number of benzene rings is 2. The van der Waals surface area contributed by atoms with Gasteiger partial charge in [-0.1, -0.05) is 46.6 Å². The van der Waals surface area contributed by atoms with E-state index in [-0.39, 0.29) is 18.0 Å². The first-order chi connectivity index (χ1) is 13.4. The van der Waals surface area contributed by atoms with Gasteiger partial charge < -0.3 is 4.84 Å². The zero-order chi connectivity index (χ0) is 20.1. The molecule has 3 rings (SSSR count). The zero-order valence-electron chi connectivity index (χ0n) is 14.8. The fraction of sp³-hybridized carbons (Fsp3) is 0.263. The number of nitrogens with zero attached hydrogens (tertiary/aromatic N) is 2. The van der Waals surface area contributed by atoms with Crippen molar-refractivity contribution in [2.75, 3.05) is 13.1 Å². The molecule has 1 aliphatic heterocycles. The number of carbonyl (C=O) groups is 1. The summed E-state index contributed by atoms with van der Waals surface area (Å²) in [7, 11) is -3.61. The van der Waals surface area contributed by atoms with Crippen molar-refractivity contribution in [3.63, 3.8) is 0 Å². The highest BCUT2D eigenvalue weighted by Crippen LogP contribution is 2.25. The molecule has 1 fully saturated rings. The molecule has 0 saturated carbocycles. The number of carbonyl (C=O) groups excluding carboxylic acids is 1.